The van der Waals surface area contributed by atoms with Crippen molar-refractivity contribution in [1.82, 2.24) is 24.9 Å². The zero-order valence-corrected chi connectivity index (χ0v) is 18.5. The average molecular weight is 515 g/mol. The minimum atomic E-state index is -5.08. The van der Waals surface area contributed by atoms with Crippen molar-refractivity contribution in [3.8, 4) is 0 Å². The molecule has 196 valence electrons. The van der Waals surface area contributed by atoms with Gasteiger partial charge in [-0.05, 0) is 18.6 Å². The van der Waals surface area contributed by atoms with Gasteiger partial charge in [0.05, 0.1) is 12.3 Å². The predicted octanol–water partition coefficient (Wildman–Crippen LogP) is 2.71. The third kappa shape index (κ3) is 9.86. The van der Waals surface area contributed by atoms with Gasteiger partial charge in [-0.3, -0.25) is 9.88 Å². The minimum absolute atomic E-state index is 0.324. The molecule has 0 saturated carbocycles. The lowest BCUT2D eigenvalue weighted by molar-refractivity contribution is -0.193. The highest BCUT2D eigenvalue weighted by molar-refractivity contribution is 5.73. The molecule has 1 aliphatic rings. The summed E-state index contributed by atoms with van der Waals surface area (Å²) < 4.78 is 70.9. The summed E-state index contributed by atoms with van der Waals surface area (Å²) in [6, 6.07) is 4.08. The Balaban J connectivity index is 0.000000362. The number of hydrogen-bond acceptors (Lipinski definition) is 7. The third-order valence-corrected chi connectivity index (χ3v) is 4.37. The Morgan fingerprint density at radius 3 is 2.14 bits per heavy atom. The Labute approximate surface area is 195 Å². The lowest BCUT2D eigenvalue weighted by Gasteiger charge is -2.32. The van der Waals surface area contributed by atoms with Gasteiger partial charge in [0, 0.05) is 51.6 Å². The number of carboxylic acids is 2. The van der Waals surface area contributed by atoms with Gasteiger partial charge in [0.15, 0.2) is 0 Å². The number of methoxy groups -OCH3 is 1. The Morgan fingerprint density at radius 2 is 1.71 bits per heavy atom. The van der Waals surface area contributed by atoms with Crippen LogP contribution in [0.25, 0.3) is 0 Å². The number of fused-ring (bicyclic) bond motifs is 1. The Kier molecular flexibility index (Phi) is 11.0. The second kappa shape index (κ2) is 13.0. The number of carboxylic acid groups (broad SMARTS) is 2. The summed E-state index contributed by atoms with van der Waals surface area (Å²) in [5, 5.41) is 22.9. The number of halogens is 6. The number of ether oxygens (including phenoxy) is 1. The molecule has 0 saturated heterocycles. The van der Waals surface area contributed by atoms with Crippen molar-refractivity contribution in [2.24, 2.45) is 0 Å². The van der Waals surface area contributed by atoms with Crippen LogP contribution in [0.2, 0.25) is 0 Å². The zero-order valence-electron chi connectivity index (χ0n) is 18.5. The number of nitrogens with zero attached hydrogens (tertiary/aromatic N) is 5. The molecule has 0 aromatic carbocycles. The van der Waals surface area contributed by atoms with Gasteiger partial charge in [-0.1, -0.05) is 11.3 Å². The van der Waals surface area contributed by atoms with Crippen molar-refractivity contribution in [1.29, 1.82) is 0 Å². The molecule has 1 unspecified atom stereocenters. The summed E-state index contributed by atoms with van der Waals surface area (Å²) in [6.45, 7) is 6.33. The van der Waals surface area contributed by atoms with Crippen molar-refractivity contribution in [2.45, 2.75) is 44.8 Å². The monoisotopic (exact) mass is 515 g/mol. The molecule has 0 radical (unpaired) electrons. The molecule has 1 atom stereocenters. The largest absolute Gasteiger partial charge is 0.490 e. The molecular weight excluding hydrogens is 492 g/mol. The molecule has 0 spiro atoms. The molecule has 0 aliphatic carbocycles. The molecule has 0 bridgehead atoms. The van der Waals surface area contributed by atoms with Gasteiger partial charge in [0.25, 0.3) is 0 Å². The van der Waals surface area contributed by atoms with E-state index in [0.29, 0.717) is 12.5 Å². The van der Waals surface area contributed by atoms with Gasteiger partial charge in [-0.2, -0.15) is 26.3 Å². The zero-order chi connectivity index (χ0) is 26.8. The van der Waals surface area contributed by atoms with Crippen molar-refractivity contribution in [2.75, 3.05) is 20.3 Å². The first-order chi connectivity index (χ1) is 16.2. The first-order valence-electron chi connectivity index (χ1n) is 9.83. The second-order valence-corrected chi connectivity index (χ2v) is 7.03. The van der Waals surface area contributed by atoms with E-state index >= 15 is 0 Å². The standard InChI is InChI=1S/C15H21N5O.2C2HF3O2/c1-3-20-15-13(11-21-2)9-19(10-14(15)17-18-20)8-12-5-4-6-16-7-12;2*3-2(4,5)1(6)7/h4-7,13H,3,8-11H2,1-2H3;2*(H,6,7). The van der Waals surface area contributed by atoms with Crippen molar-refractivity contribution >= 4 is 11.9 Å². The number of alkyl halides is 6. The van der Waals surface area contributed by atoms with Crippen LogP contribution in [-0.4, -0.2) is 79.6 Å². The van der Waals surface area contributed by atoms with E-state index in [1.165, 1.54) is 11.3 Å². The number of pyridine rings is 1. The molecule has 2 aromatic rings. The summed E-state index contributed by atoms with van der Waals surface area (Å²) in [4.78, 5) is 24.4. The van der Waals surface area contributed by atoms with Crippen LogP contribution in [0.1, 0.15) is 29.8 Å². The smallest absolute Gasteiger partial charge is 0.475 e. The summed E-state index contributed by atoms with van der Waals surface area (Å²) in [7, 11) is 1.75. The number of aliphatic carboxylic acids is 2. The lowest BCUT2D eigenvalue weighted by atomic mass is 9.98. The molecule has 16 heteroatoms. The molecule has 0 amide bonds. The maximum absolute atomic E-state index is 10.6. The SMILES string of the molecule is CCn1nnc2c1C(COC)CN(Cc1cccnc1)C2.O=C(O)C(F)(F)F.O=C(O)C(F)(F)F. The third-order valence-electron chi connectivity index (χ3n) is 4.37. The van der Waals surface area contributed by atoms with Crippen LogP contribution in [0.15, 0.2) is 24.5 Å². The summed E-state index contributed by atoms with van der Waals surface area (Å²) in [5.41, 5.74) is 3.54. The molecule has 3 heterocycles. The Bertz CT molecular complexity index is 928. The normalized spacial score (nSPS) is 15.7. The first kappa shape index (κ1) is 29.8. The van der Waals surface area contributed by atoms with Crippen LogP contribution in [0.4, 0.5) is 26.3 Å². The highest BCUT2D eigenvalue weighted by Gasteiger charge is 2.39. The number of carbonyl (C=O) groups is 2. The fraction of sp³-hybridized carbons (Fsp3) is 0.526. The maximum Gasteiger partial charge on any atom is 0.490 e. The number of aryl methyl sites for hydroxylation is 1. The maximum atomic E-state index is 10.6. The summed E-state index contributed by atoms with van der Waals surface area (Å²) in [6.07, 6.45) is -6.44. The highest BCUT2D eigenvalue weighted by Crippen LogP contribution is 2.28. The van der Waals surface area contributed by atoms with Crippen LogP contribution in [0, 0.1) is 0 Å². The fourth-order valence-electron chi connectivity index (χ4n) is 3.03. The van der Waals surface area contributed by atoms with Crippen LogP contribution in [-0.2, 0) is 34.0 Å². The fourth-order valence-corrected chi connectivity index (χ4v) is 3.03. The minimum Gasteiger partial charge on any atom is -0.475 e. The summed E-state index contributed by atoms with van der Waals surface area (Å²) >= 11 is 0. The van der Waals surface area contributed by atoms with E-state index in [9.17, 15) is 26.3 Å². The molecular formula is C19H23F6N5O5. The number of rotatable bonds is 5. The molecule has 3 rings (SSSR count). The van der Waals surface area contributed by atoms with E-state index in [-0.39, 0.29) is 0 Å². The molecule has 2 aromatic heterocycles. The van der Waals surface area contributed by atoms with Gasteiger partial charge >= 0.3 is 24.3 Å². The van der Waals surface area contributed by atoms with Crippen LogP contribution in [0.5, 0.6) is 0 Å². The van der Waals surface area contributed by atoms with Crippen LogP contribution >= 0.6 is 0 Å². The number of hydrogen-bond donors (Lipinski definition) is 2. The van der Waals surface area contributed by atoms with Crippen LogP contribution in [0.3, 0.4) is 0 Å². The molecule has 10 nitrogen and oxygen atoms in total. The van der Waals surface area contributed by atoms with Crippen molar-refractivity contribution in [3.05, 3.63) is 41.5 Å². The second-order valence-electron chi connectivity index (χ2n) is 7.03. The van der Waals surface area contributed by atoms with Gasteiger partial charge in [0.2, 0.25) is 0 Å². The van der Waals surface area contributed by atoms with Crippen molar-refractivity contribution in [3.63, 3.8) is 0 Å². The molecule has 0 fully saturated rings. The Hall–Kier alpha value is -3.27. The topological polar surface area (TPSA) is 131 Å². The van der Waals surface area contributed by atoms with Crippen LogP contribution < -0.4 is 0 Å². The van der Waals surface area contributed by atoms with Gasteiger partial charge in [0.1, 0.15) is 5.69 Å². The average Bonchev–Trinajstić information content (AvgIpc) is 3.17. The lowest BCUT2D eigenvalue weighted by Crippen LogP contribution is -2.36. The van der Waals surface area contributed by atoms with Gasteiger partial charge in [-0.15, -0.1) is 5.10 Å². The van der Waals surface area contributed by atoms with E-state index in [4.69, 9.17) is 24.5 Å². The van der Waals surface area contributed by atoms with Gasteiger partial charge in [-0.25, -0.2) is 14.3 Å². The first-order valence-corrected chi connectivity index (χ1v) is 9.83. The molecule has 35 heavy (non-hydrogen) atoms. The molecule has 2 N–H and O–H groups in total. The predicted molar refractivity (Wildman–Crippen MR) is 106 cm³/mol. The van der Waals surface area contributed by atoms with E-state index in [0.717, 1.165) is 31.9 Å². The Morgan fingerprint density at radius 1 is 1.14 bits per heavy atom. The van der Waals surface area contributed by atoms with Gasteiger partial charge < -0.3 is 14.9 Å². The summed E-state index contributed by atoms with van der Waals surface area (Å²) in [5.74, 6) is -5.19. The molecule has 1 aliphatic heterocycles. The highest BCUT2D eigenvalue weighted by atomic mass is 19.4. The van der Waals surface area contributed by atoms with E-state index < -0.39 is 24.3 Å². The van der Waals surface area contributed by atoms with Crippen molar-refractivity contribution < 1.29 is 50.9 Å². The van der Waals surface area contributed by atoms with E-state index in [2.05, 4.69) is 33.2 Å². The number of aromatic nitrogens is 4. The van der Waals surface area contributed by atoms with E-state index in [1.807, 2.05) is 16.9 Å². The quantitative estimate of drug-likeness (QED) is 0.577. The van der Waals surface area contributed by atoms with E-state index in [1.54, 1.807) is 13.3 Å².